The van der Waals surface area contributed by atoms with Crippen molar-refractivity contribution >= 4 is 0 Å². The van der Waals surface area contributed by atoms with E-state index in [1.165, 1.54) is 29.7 Å². The molecule has 0 spiro atoms. The maximum Gasteiger partial charge on any atom is 0.121 e. The van der Waals surface area contributed by atoms with Gasteiger partial charge in [-0.05, 0) is 43.4 Å². The standard InChI is InChI=1S/C16H19N3O/c1-20-12-6-2-10-3-7-14-16(13(10)8-12)19-15(18-14)9-17-11-4-5-11/h2,6,8,11,17H,3-5,7,9H2,1H3,(H,18,19). The highest BCUT2D eigenvalue weighted by atomic mass is 16.5. The van der Waals surface area contributed by atoms with E-state index in [0.717, 1.165) is 36.7 Å². The van der Waals surface area contributed by atoms with E-state index in [4.69, 9.17) is 9.72 Å². The van der Waals surface area contributed by atoms with Crippen LogP contribution in [0.4, 0.5) is 0 Å². The number of hydrogen-bond acceptors (Lipinski definition) is 3. The largest absolute Gasteiger partial charge is 0.497 e. The van der Waals surface area contributed by atoms with Crippen molar-refractivity contribution in [3.05, 3.63) is 35.3 Å². The van der Waals surface area contributed by atoms with E-state index in [-0.39, 0.29) is 0 Å². The number of ether oxygens (including phenoxy) is 1. The Morgan fingerprint density at radius 3 is 3.05 bits per heavy atom. The molecule has 2 N–H and O–H groups in total. The van der Waals surface area contributed by atoms with Crippen LogP contribution in [0.5, 0.6) is 5.75 Å². The molecule has 1 heterocycles. The van der Waals surface area contributed by atoms with Gasteiger partial charge < -0.3 is 15.0 Å². The number of rotatable bonds is 4. The number of nitrogens with zero attached hydrogens (tertiary/aromatic N) is 1. The molecule has 4 heteroatoms. The van der Waals surface area contributed by atoms with Gasteiger partial charge >= 0.3 is 0 Å². The molecule has 0 amide bonds. The van der Waals surface area contributed by atoms with Crippen molar-refractivity contribution in [3.63, 3.8) is 0 Å². The van der Waals surface area contributed by atoms with Crippen molar-refractivity contribution in [3.8, 4) is 17.0 Å². The number of H-pyrrole nitrogens is 1. The average Bonchev–Trinajstić information content (AvgIpc) is 3.22. The van der Waals surface area contributed by atoms with E-state index in [1.54, 1.807) is 7.11 Å². The number of aryl methyl sites for hydroxylation is 2. The number of imidazole rings is 1. The number of fused-ring (bicyclic) bond motifs is 3. The molecular formula is C16H19N3O. The highest BCUT2D eigenvalue weighted by molar-refractivity contribution is 5.70. The van der Waals surface area contributed by atoms with Crippen LogP contribution in [0.3, 0.4) is 0 Å². The Kier molecular flexibility index (Phi) is 2.77. The summed E-state index contributed by atoms with van der Waals surface area (Å²) in [7, 11) is 1.71. The minimum atomic E-state index is 0.713. The molecule has 0 atom stereocenters. The molecule has 1 fully saturated rings. The molecule has 104 valence electrons. The molecular weight excluding hydrogens is 250 g/mol. The van der Waals surface area contributed by atoms with Gasteiger partial charge in [0.2, 0.25) is 0 Å². The van der Waals surface area contributed by atoms with Crippen molar-refractivity contribution in [2.75, 3.05) is 7.11 Å². The molecule has 0 radical (unpaired) electrons. The molecule has 20 heavy (non-hydrogen) atoms. The van der Waals surface area contributed by atoms with Crippen LogP contribution in [-0.4, -0.2) is 23.1 Å². The summed E-state index contributed by atoms with van der Waals surface area (Å²) >= 11 is 0. The molecule has 0 bridgehead atoms. The first-order chi connectivity index (χ1) is 9.83. The van der Waals surface area contributed by atoms with E-state index < -0.39 is 0 Å². The predicted molar refractivity (Wildman–Crippen MR) is 77.8 cm³/mol. The Hall–Kier alpha value is -1.81. The Balaban J connectivity index is 1.67. The number of aromatic amines is 1. The highest BCUT2D eigenvalue weighted by Crippen LogP contribution is 2.34. The maximum atomic E-state index is 5.34. The van der Waals surface area contributed by atoms with Gasteiger partial charge in [0.25, 0.3) is 0 Å². The Morgan fingerprint density at radius 2 is 2.25 bits per heavy atom. The Morgan fingerprint density at radius 1 is 1.35 bits per heavy atom. The zero-order valence-corrected chi connectivity index (χ0v) is 11.7. The molecule has 1 saturated carbocycles. The second-order valence-electron chi connectivity index (χ2n) is 5.69. The molecule has 4 nitrogen and oxygen atoms in total. The van der Waals surface area contributed by atoms with Crippen LogP contribution in [-0.2, 0) is 19.4 Å². The number of hydrogen-bond donors (Lipinski definition) is 2. The molecule has 4 rings (SSSR count). The molecule has 2 aliphatic carbocycles. The summed E-state index contributed by atoms with van der Waals surface area (Å²) in [5, 5.41) is 3.51. The van der Waals surface area contributed by atoms with Crippen molar-refractivity contribution in [1.82, 2.24) is 15.3 Å². The van der Waals surface area contributed by atoms with Gasteiger partial charge in [-0.3, -0.25) is 0 Å². The molecule has 0 unspecified atom stereocenters. The van der Waals surface area contributed by atoms with Gasteiger partial charge in [0, 0.05) is 17.3 Å². The van der Waals surface area contributed by atoms with Crippen LogP contribution < -0.4 is 10.1 Å². The minimum absolute atomic E-state index is 0.713. The van der Waals surface area contributed by atoms with Gasteiger partial charge in [0.1, 0.15) is 11.6 Å². The van der Waals surface area contributed by atoms with Crippen LogP contribution in [0.1, 0.15) is 29.9 Å². The molecule has 0 aliphatic heterocycles. The zero-order valence-electron chi connectivity index (χ0n) is 11.7. The average molecular weight is 269 g/mol. The number of benzene rings is 1. The fraction of sp³-hybridized carbons (Fsp3) is 0.438. The lowest BCUT2D eigenvalue weighted by atomic mass is 9.92. The van der Waals surface area contributed by atoms with Crippen molar-refractivity contribution in [2.24, 2.45) is 0 Å². The number of nitrogens with one attached hydrogen (secondary N) is 2. The quantitative estimate of drug-likeness (QED) is 0.896. The van der Waals surface area contributed by atoms with Gasteiger partial charge in [-0.15, -0.1) is 0 Å². The van der Waals surface area contributed by atoms with E-state index in [1.807, 2.05) is 6.07 Å². The lowest BCUT2D eigenvalue weighted by Crippen LogP contribution is -2.16. The number of methoxy groups -OCH3 is 1. The first-order valence-electron chi connectivity index (χ1n) is 7.32. The summed E-state index contributed by atoms with van der Waals surface area (Å²) in [6.45, 7) is 0.844. The van der Waals surface area contributed by atoms with Crippen LogP contribution in [0.2, 0.25) is 0 Å². The van der Waals surface area contributed by atoms with Crippen LogP contribution in [0.15, 0.2) is 18.2 Å². The zero-order chi connectivity index (χ0) is 13.5. The Labute approximate surface area is 118 Å². The summed E-state index contributed by atoms with van der Waals surface area (Å²) in [5.41, 5.74) is 4.96. The van der Waals surface area contributed by atoms with E-state index in [2.05, 4.69) is 22.4 Å². The third-order valence-corrected chi connectivity index (χ3v) is 4.18. The third-order valence-electron chi connectivity index (χ3n) is 4.18. The highest BCUT2D eigenvalue weighted by Gasteiger charge is 2.23. The second kappa shape index (κ2) is 4.63. The summed E-state index contributed by atoms with van der Waals surface area (Å²) in [6, 6.07) is 7.01. The monoisotopic (exact) mass is 269 g/mol. The lowest BCUT2D eigenvalue weighted by molar-refractivity contribution is 0.415. The SMILES string of the molecule is COc1ccc2c(c1)-c1nc(CNC3CC3)[nH]c1CC2. The minimum Gasteiger partial charge on any atom is -0.497 e. The van der Waals surface area contributed by atoms with Gasteiger partial charge in [0.15, 0.2) is 0 Å². The first-order valence-corrected chi connectivity index (χ1v) is 7.32. The third kappa shape index (κ3) is 2.10. The summed E-state index contributed by atoms with van der Waals surface area (Å²) < 4.78 is 5.34. The van der Waals surface area contributed by atoms with Gasteiger partial charge in [-0.25, -0.2) is 4.98 Å². The Bertz CT molecular complexity index is 643. The smallest absolute Gasteiger partial charge is 0.121 e. The molecule has 1 aromatic heterocycles. The van der Waals surface area contributed by atoms with Gasteiger partial charge in [0.05, 0.1) is 19.3 Å². The normalized spacial score (nSPS) is 16.6. The van der Waals surface area contributed by atoms with Crippen molar-refractivity contribution in [2.45, 2.75) is 38.3 Å². The molecule has 0 saturated heterocycles. The van der Waals surface area contributed by atoms with Crippen molar-refractivity contribution in [1.29, 1.82) is 0 Å². The van der Waals surface area contributed by atoms with Gasteiger partial charge in [-0.2, -0.15) is 0 Å². The summed E-state index contributed by atoms with van der Waals surface area (Å²) in [4.78, 5) is 8.27. The van der Waals surface area contributed by atoms with Gasteiger partial charge in [-0.1, -0.05) is 6.07 Å². The van der Waals surface area contributed by atoms with Crippen LogP contribution in [0.25, 0.3) is 11.3 Å². The fourth-order valence-corrected chi connectivity index (χ4v) is 2.86. The molecule has 1 aromatic carbocycles. The summed E-state index contributed by atoms with van der Waals surface area (Å²) in [5.74, 6) is 1.95. The molecule has 2 aliphatic rings. The van der Waals surface area contributed by atoms with Crippen LogP contribution >= 0.6 is 0 Å². The fourth-order valence-electron chi connectivity index (χ4n) is 2.86. The molecule has 2 aromatic rings. The summed E-state index contributed by atoms with van der Waals surface area (Å²) in [6.07, 6.45) is 4.73. The lowest BCUT2D eigenvalue weighted by Gasteiger charge is -2.15. The number of aromatic nitrogens is 2. The van der Waals surface area contributed by atoms with Crippen LogP contribution in [0, 0.1) is 0 Å². The van der Waals surface area contributed by atoms with E-state index in [9.17, 15) is 0 Å². The van der Waals surface area contributed by atoms with Crippen molar-refractivity contribution < 1.29 is 4.74 Å². The second-order valence-corrected chi connectivity index (χ2v) is 5.69. The maximum absolute atomic E-state index is 5.34. The predicted octanol–water partition coefficient (Wildman–Crippen LogP) is 2.44. The first kappa shape index (κ1) is 12.0. The van der Waals surface area contributed by atoms with E-state index in [0.29, 0.717) is 6.04 Å². The van der Waals surface area contributed by atoms with E-state index >= 15 is 0 Å². The topological polar surface area (TPSA) is 49.9 Å².